The molecule has 0 spiro atoms. The minimum absolute atomic E-state index is 0.0250. The molecule has 0 saturated carbocycles. The van der Waals surface area contributed by atoms with Crippen LogP contribution < -0.4 is 9.96 Å². The highest BCUT2D eigenvalue weighted by Crippen LogP contribution is 2.54. The maximum absolute atomic E-state index is 14.9. The summed E-state index contributed by atoms with van der Waals surface area (Å²) < 4.78 is 30.5. The number of hydrogen-bond donors (Lipinski definition) is 2. The van der Waals surface area contributed by atoms with Crippen molar-refractivity contribution in [2.75, 3.05) is 64.8 Å². The lowest BCUT2D eigenvalue weighted by Crippen LogP contribution is -3.08. The topological polar surface area (TPSA) is 57.5 Å². The second-order valence-corrected chi connectivity index (χ2v) is 13.9. The lowest BCUT2D eigenvalue weighted by atomic mass is 9.92. The van der Waals surface area contributed by atoms with Gasteiger partial charge in [-0.15, -0.1) is 0 Å². The largest absolute Gasteiger partial charge is 0.634 e. The lowest BCUT2D eigenvalue weighted by Gasteiger charge is -2.41. The molecule has 1 saturated heterocycles. The molecule has 7 nitrogen and oxygen atoms in total. The number of hydrogen-bond acceptors (Lipinski definition) is 5. The summed E-state index contributed by atoms with van der Waals surface area (Å²) >= 11 is 0. The van der Waals surface area contributed by atoms with Gasteiger partial charge in [0.2, 0.25) is 6.17 Å². The van der Waals surface area contributed by atoms with Crippen LogP contribution in [0.1, 0.15) is 52.5 Å². The van der Waals surface area contributed by atoms with Crippen molar-refractivity contribution < 1.29 is 23.4 Å². The van der Waals surface area contributed by atoms with E-state index in [0.717, 1.165) is 49.4 Å². The summed E-state index contributed by atoms with van der Waals surface area (Å²) in [6, 6.07) is 6.78. The molecule has 4 aliphatic rings. The third-order valence-corrected chi connectivity index (χ3v) is 9.90. The molecule has 0 bridgehead atoms. The molecule has 0 aromatic heterocycles. The molecule has 4 unspecified atom stereocenters. The number of allylic oxidation sites excluding steroid dienone is 2. The van der Waals surface area contributed by atoms with Gasteiger partial charge in [-0.25, -0.2) is 8.78 Å². The van der Waals surface area contributed by atoms with Gasteiger partial charge in [0.15, 0.2) is 6.54 Å². The number of aliphatic hydroxyl groups excluding tert-OH is 1. The summed E-state index contributed by atoms with van der Waals surface area (Å²) in [6.07, 6.45) is 7.80. The van der Waals surface area contributed by atoms with Crippen LogP contribution in [0.25, 0.3) is 0 Å². The van der Waals surface area contributed by atoms with Gasteiger partial charge in [-0.1, -0.05) is 58.1 Å². The summed E-state index contributed by atoms with van der Waals surface area (Å²) in [5, 5.41) is 25.3. The number of rotatable bonds is 14. The zero-order chi connectivity index (χ0) is 31.1. The second-order valence-electron chi connectivity index (χ2n) is 13.9. The molecule has 238 valence electrons. The van der Waals surface area contributed by atoms with E-state index in [2.05, 4.69) is 48.8 Å². The Morgan fingerprint density at radius 1 is 1.23 bits per heavy atom. The SMILES string of the molecule is CCC(F)(F)c1cccc(N2C3=C(C(O)N(CCCC(C)C)C3)[C@@H](C3=C[C@@H](C)C=C3)[N+]3(CC[NH+]([O-])CCN(C)C)CC23)c1. The van der Waals surface area contributed by atoms with Crippen molar-refractivity contribution in [1.82, 2.24) is 9.80 Å². The van der Waals surface area contributed by atoms with E-state index in [1.165, 1.54) is 18.6 Å². The molecule has 0 radical (unpaired) electrons. The third-order valence-electron chi connectivity index (χ3n) is 9.90. The minimum atomic E-state index is -2.91. The number of nitrogens with zero attached hydrogens (tertiary/aromatic N) is 4. The fourth-order valence-corrected chi connectivity index (χ4v) is 7.36. The second kappa shape index (κ2) is 12.7. The first-order valence-electron chi connectivity index (χ1n) is 16.2. The monoisotopic (exact) mass is 600 g/mol. The van der Waals surface area contributed by atoms with Gasteiger partial charge in [0.05, 0.1) is 12.1 Å². The summed E-state index contributed by atoms with van der Waals surface area (Å²) in [7, 11) is 3.96. The van der Waals surface area contributed by atoms with Gasteiger partial charge in [-0.2, -0.15) is 0 Å². The van der Waals surface area contributed by atoms with Crippen LogP contribution in [0.5, 0.6) is 0 Å². The van der Waals surface area contributed by atoms with E-state index in [9.17, 15) is 19.1 Å². The lowest BCUT2D eigenvalue weighted by molar-refractivity contribution is -0.898. The smallest absolute Gasteiger partial charge is 0.273 e. The summed E-state index contributed by atoms with van der Waals surface area (Å²) in [5.74, 6) is -2.01. The summed E-state index contributed by atoms with van der Waals surface area (Å²) in [6.45, 7) is 12.7. The van der Waals surface area contributed by atoms with Crippen LogP contribution in [0.15, 0.2) is 59.3 Å². The highest BCUT2D eigenvalue weighted by atomic mass is 19.3. The molecular formula is C34H52F2N5O2+. The fourth-order valence-electron chi connectivity index (χ4n) is 7.36. The maximum atomic E-state index is 14.9. The van der Waals surface area contributed by atoms with E-state index >= 15 is 0 Å². The number of anilines is 1. The molecule has 9 heteroatoms. The number of hydroxylamine groups is 2. The first-order valence-corrected chi connectivity index (χ1v) is 16.2. The highest BCUT2D eigenvalue weighted by Gasteiger charge is 2.70. The molecule has 1 aromatic carbocycles. The Bertz CT molecular complexity index is 1250. The minimum Gasteiger partial charge on any atom is -0.634 e. The molecule has 43 heavy (non-hydrogen) atoms. The van der Waals surface area contributed by atoms with Gasteiger partial charge in [0.1, 0.15) is 25.4 Å². The normalized spacial score (nSPS) is 29.5. The van der Waals surface area contributed by atoms with Crippen LogP contribution in [-0.2, 0) is 5.92 Å². The van der Waals surface area contributed by atoms with Crippen molar-refractivity contribution in [3.8, 4) is 0 Å². The van der Waals surface area contributed by atoms with Crippen LogP contribution in [0, 0.1) is 17.0 Å². The van der Waals surface area contributed by atoms with Gasteiger partial charge < -0.3 is 20.3 Å². The Morgan fingerprint density at radius 2 is 2.00 bits per heavy atom. The van der Waals surface area contributed by atoms with E-state index in [4.69, 9.17) is 0 Å². The van der Waals surface area contributed by atoms with Crippen LogP contribution in [0.4, 0.5) is 14.5 Å². The van der Waals surface area contributed by atoms with Gasteiger partial charge in [0.25, 0.3) is 5.92 Å². The zero-order valence-corrected chi connectivity index (χ0v) is 26.9. The number of fused-ring (bicyclic) bond motifs is 1. The molecule has 1 fully saturated rings. The van der Waals surface area contributed by atoms with E-state index in [0.29, 0.717) is 42.5 Å². The predicted octanol–water partition coefficient (Wildman–Crippen LogP) is 3.93. The molecule has 2 N–H and O–H groups in total. The fraction of sp³-hybridized carbons (Fsp3) is 0.647. The van der Waals surface area contributed by atoms with Crippen molar-refractivity contribution in [2.24, 2.45) is 11.8 Å². The van der Waals surface area contributed by atoms with Crippen molar-refractivity contribution in [3.63, 3.8) is 0 Å². The molecule has 0 amide bonds. The Morgan fingerprint density at radius 3 is 2.65 bits per heavy atom. The van der Waals surface area contributed by atoms with Gasteiger partial charge in [-0.05, 0) is 50.9 Å². The standard InChI is InChI=1S/C34H52F2N5O2/c1-7-34(35,36)27-11-8-12-28(21-27)40-29-22-38(15-9-10-24(2)3)33(42)31(29)32(26-14-13-25(4)20-26)41(23-30(40)41)19-18-39(43)17-16-37(5)6/h8,11-14,20-21,24-25,30,32-33,39,42H,7,9-10,15-19,22-23H2,1-6H3/q+1/t25-,30?,32+,33?,41?/m0/s1. The molecular weight excluding hydrogens is 548 g/mol. The molecule has 5 rings (SSSR count). The van der Waals surface area contributed by atoms with Crippen LogP contribution in [-0.4, -0.2) is 97.7 Å². The average molecular weight is 601 g/mol. The van der Waals surface area contributed by atoms with Crippen LogP contribution >= 0.6 is 0 Å². The Balaban J connectivity index is 1.55. The number of nitrogens with one attached hydrogen (secondary N) is 1. The molecule has 1 aromatic rings. The number of halogens is 2. The number of alkyl halides is 2. The summed E-state index contributed by atoms with van der Waals surface area (Å²) in [4.78, 5) is 6.44. The van der Waals surface area contributed by atoms with Crippen LogP contribution in [0.3, 0.4) is 0 Å². The van der Waals surface area contributed by atoms with E-state index < -0.39 is 12.2 Å². The van der Waals surface area contributed by atoms with Gasteiger partial charge >= 0.3 is 0 Å². The van der Waals surface area contributed by atoms with Crippen molar-refractivity contribution in [3.05, 3.63) is 70.1 Å². The first-order chi connectivity index (χ1) is 20.4. The number of aliphatic hydroxyl groups is 1. The third kappa shape index (κ3) is 6.49. The molecule has 3 aliphatic heterocycles. The average Bonchev–Trinajstić information content (AvgIpc) is 3.40. The Hall–Kier alpha value is -2.14. The van der Waals surface area contributed by atoms with Gasteiger partial charge in [0, 0.05) is 48.6 Å². The van der Waals surface area contributed by atoms with E-state index in [-0.39, 0.29) is 29.3 Å². The number of likely N-dealkylation sites (N-methyl/N-ethyl adjacent to an activating group) is 1. The maximum Gasteiger partial charge on any atom is 0.273 e. The quantitative estimate of drug-likeness (QED) is 0.193. The highest BCUT2D eigenvalue weighted by molar-refractivity contribution is 5.61. The zero-order valence-electron chi connectivity index (χ0n) is 26.9. The van der Waals surface area contributed by atoms with Crippen molar-refractivity contribution in [2.45, 2.75) is 71.3 Å². The van der Waals surface area contributed by atoms with E-state index in [1.54, 1.807) is 12.1 Å². The predicted molar refractivity (Wildman–Crippen MR) is 168 cm³/mol. The van der Waals surface area contributed by atoms with Gasteiger partial charge in [-0.3, -0.25) is 14.3 Å². The van der Waals surface area contributed by atoms with Crippen molar-refractivity contribution >= 4 is 5.69 Å². The Labute approximate surface area is 256 Å². The number of quaternary nitrogens is 2. The van der Waals surface area contributed by atoms with Crippen LogP contribution in [0.2, 0.25) is 0 Å². The molecule has 6 atom stereocenters. The number of benzene rings is 1. The van der Waals surface area contributed by atoms with Crippen molar-refractivity contribution in [1.29, 1.82) is 0 Å². The Kier molecular flexibility index (Phi) is 9.52. The van der Waals surface area contributed by atoms with E-state index in [1.807, 2.05) is 25.1 Å². The molecule has 1 aliphatic carbocycles. The first kappa shape index (κ1) is 32.3. The molecule has 3 heterocycles. The summed E-state index contributed by atoms with van der Waals surface area (Å²) in [5.41, 5.74) is 4.01.